The summed E-state index contributed by atoms with van der Waals surface area (Å²) in [5.74, 6) is -1.22. The van der Waals surface area contributed by atoms with Gasteiger partial charge in [-0.15, -0.1) is 0 Å². The van der Waals surface area contributed by atoms with Gasteiger partial charge in [-0.3, -0.25) is 4.79 Å². The summed E-state index contributed by atoms with van der Waals surface area (Å²) in [5.41, 5.74) is 0.543. The summed E-state index contributed by atoms with van der Waals surface area (Å²) < 4.78 is 42.6. The Hall–Kier alpha value is -3.09. The van der Waals surface area contributed by atoms with E-state index < -0.39 is 29.7 Å². The maximum Gasteiger partial charge on any atom is 0.416 e. The zero-order valence-electron chi connectivity index (χ0n) is 15.4. The topological polar surface area (TPSA) is 55.4 Å². The molecule has 2 rings (SSSR count). The second kappa shape index (κ2) is 9.21. The quantitative estimate of drug-likeness (QED) is 0.582. The molecule has 4 nitrogen and oxygen atoms in total. The van der Waals surface area contributed by atoms with Crippen molar-refractivity contribution in [3.63, 3.8) is 0 Å². The molecule has 0 aliphatic rings. The summed E-state index contributed by atoms with van der Waals surface area (Å²) in [6.45, 7) is 3.25. The van der Waals surface area contributed by atoms with E-state index in [2.05, 4.69) is 5.32 Å². The average molecular weight is 391 g/mol. The van der Waals surface area contributed by atoms with Crippen molar-refractivity contribution >= 4 is 18.0 Å². The third kappa shape index (κ3) is 6.26. The van der Waals surface area contributed by atoms with Gasteiger partial charge in [0.25, 0.3) is 5.91 Å². The number of alkyl halides is 3. The van der Waals surface area contributed by atoms with E-state index in [-0.39, 0.29) is 6.04 Å². The van der Waals surface area contributed by atoms with Crippen LogP contribution in [0, 0.1) is 0 Å². The third-order valence-corrected chi connectivity index (χ3v) is 3.97. The number of carbonyl (C=O) groups excluding carboxylic acids is 2. The summed E-state index contributed by atoms with van der Waals surface area (Å²) in [6.07, 6.45) is -3.05. The van der Waals surface area contributed by atoms with E-state index in [0.29, 0.717) is 5.56 Å². The van der Waals surface area contributed by atoms with E-state index in [1.165, 1.54) is 25.1 Å². The van der Waals surface area contributed by atoms with Gasteiger partial charge in [0.05, 0.1) is 11.6 Å². The van der Waals surface area contributed by atoms with Crippen LogP contribution in [0.4, 0.5) is 13.2 Å². The van der Waals surface area contributed by atoms with Crippen molar-refractivity contribution in [2.75, 3.05) is 0 Å². The first-order valence-corrected chi connectivity index (χ1v) is 8.58. The van der Waals surface area contributed by atoms with Gasteiger partial charge in [0.2, 0.25) is 0 Å². The van der Waals surface area contributed by atoms with E-state index in [1.807, 2.05) is 37.3 Å². The monoisotopic (exact) mass is 391 g/mol. The first kappa shape index (κ1) is 21.2. The standard InChI is InChI=1S/C21H20F3NO3/c1-14(17-6-4-3-5-7-17)25-20(27)15(2)28-19(26)13-10-16-8-11-18(12-9-16)21(22,23)24/h3-15H,1-2H3,(H,25,27)/b13-10+. The Balaban J connectivity index is 1.87. The highest BCUT2D eigenvalue weighted by molar-refractivity contribution is 5.90. The molecule has 28 heavy (non-hydrogen) atoms. The van der Waals surface area contributed by atoms with Crippen molar-refractivity contribution in [2.45, 2.75) is 32.2 Å². The minimum Gasteiger partial charge on any atom is -0.449 e. The van der Waals surface area contributed by atoms with Crippen LogP contribution < -0.4 is 5.32 Å². The molecule has 1 N–H and O–H groups in total. The number of nitrogens with one attached hydrogen (secondary N) is 1. The summed E-state index contributed by atoms with van der Waals surface area (Å²) in [5, 5.41) is 2.75. The van der Waals surface area contributed by atoms with Crippen LogP contribution in [0.15, 0.2) is 60.7 Å². The van der Waals surface area contributed by atoms with Crippen molar-refractivity contribution < 1.29 is 27.5 Å². The van der Waals surface area contributed by atoms with Crippen molar-refractivity contribution in [3.8, 4) is 0 Å². The number of hydrogen-bond donors (Lipinski definition) is 1. The van der Waals surface area contributed by atoms with Crippen LogP contribution >= 0.6 is 0 Å². The van der Waals surface area contributed by atoms with Gasteiger partial charge in [0.1, 0.15) is 0 Å². The molecule has 2 atom stereocenters. The summed E-state index contributed by atoms with van der Waals surface area (Å²) in [7, 11) is 0. The van der Waals surface area contributed by atoms with E-state index in [4.69, 9.17) is 4.74 Å². The Kier molecular flexibility index (Phi) is 6.98. The van der Waals surface area contributed by atoms with E-state index in [9.17, 15) is 22.8 Å². The summed E-state index contributed by atoms with van der Waals surface area (Å²) in [6, 6.07) is 13.4. The minimum absolute atomic E-state index is 0.252. The maximum absolute atomic E-state index is 12.5. The molecule has 2 aromatic rings. The van der Waals surface area contributed by atoms with Crippen molar-refractivity contribution in [1.82, 2.24) is 5.32 Å². The van der Waals surface area contributed by atoms with E-state index in [0.717, 1.165) is 23.8 Å². The number of rotatable bonds is 6. The molecule has 0 saturated carbocycles. The molecule has 0 saturated heterocycles. The molecule has 0 spiro atoms. The Morgan fingerprint density at radius 2 is 1.61 bits per heavy atom. The van der Waals surface area contributed by atoms with Gasteiger partial charge < -0.3 is 10.1 Å². The normalized spacial score (nSPS) is 13.8. The van der Waals surface area contributed by atoms with Gasteiger partial charge in [-0.05, 0) is 43.2 Å². The lowest BCUT2D eigenvalue weighted by Gasteiger charge is -2.17. The maximum atomic E-state index is 12.5. The molecule has 148 valence electrons. The molecule has 0 fully saturated rings. The fraction of sp³-hybridized carbons (Fsp3) is 0.238. The van der Waals surface area contributed by atoms with Crippen molar-refractivity contribution in [3.05, 3.63) is 77.4 Å². The molecule has 0 aliphatic carbocycles. The van der Waals surface area contributed by atoms with Gasteiger partial charge in [-0.1, -0.05) is 42.5 Å². The molecule has 0 aliphatic heterocycles. The van der Waals surface area contributed by atoms with Gasteiger partial charge in [-0.25, -0.2) is 4.79 Å². The predicted molar refractivity (Wildman–Crippen MR) is 99.0 cm³/mol. The molecule has 7 heteroatoms. The second-order valence-electron chi connectivity index (χ2n) is 6.17. The van der Waals surface area contributed by atoms with E-state index >= 15 is 0 Å². The number of hydrogen-bond acceptors (Lipinski definition) is 3. The smallest absolute Gasteiger partial charge is 0.416 e. The molecule has 2 unspecified atom stereocenters. The van der Waals surface area contributed by atoms with Crippen LogP contribution in [0.3, 0.4) is 0 Å². The Bertz CT molecular complexity index is 830. The lowest BCUT2D eigenvalue weighted by atomic mass is 10.1. The fourth-order valence-electron chi connectivity index (χ4n) is 2.37. The summed E-state index contributed by atoms with van der Waals surface area (Å²) in [4.78, 5) is 24.0. The lowest BCUT2D eigenvalue weighted by molar-refractivity contribution is -0.150. The number of benzene rings is 2. The summed E-state index contributed by atoms with van der Waals surface area (Å²) >= 11 is 0. The number of amides is 1. The van der Waals surface area contributed by atoms with Crippen LogP contribution in [-0.4, -0.2) is 18.0 Å². The van der Waals surface area contributed by atoms with Crippen LogP contribution in [-0.2, 0) is 20.5 Å². The molecule has 0 heterocycles. The SMILES string of the molecule is CC(OC(=O)/C=C/c1ccc(C(F)(F)F)cc1)C(=O)NC(C)c1ccccc1. The largest absolute Gasteiger partial charge is 0.449 e. The Labute approximate surface area is 161 Å². The first-order valence-electron chi connectivity index (χ1n) is 8.58. The van der Waals surface area contributed by atoms with Crippen molar-refractivity contribution in [1.29, 1.82) is 0 Å². The highest BCUT2D eigenvalue weighted by Gasteiger charge is 2.29. The zero-order valence-corrected chi connectivity index (χ0v) is 15.4. The lowest BCUT2D eigenvalue weighted by Crippen LogP contribution is -2.37. The second-order valence-corrected chi connectivity index (χ2v) is 6.17. The third-order valence-electron chi connectivity index (χ3n) is 3.97. The average Bonchev–Trinajstić information content (AvgIpc) is 2.66. The predicted octanol–water partition coefficient (Wildman–Crippen LogP) is 4.53. The van der Waals surface area contributed by atoms with Gasteiger partial charge in [0.15, 0.2) is 6.10 Å². The minimum atomic E-state index is -4.42. The zero-order chi connectivity index (χ0) is 20.7. The molecule has 0 bridgehead atoms. The van der Waals surface area contributed by atoms with Crippen LogP contribution in [0.25, 0.3) is 6.08 Å². The fourth-order valence-corrected chi connectivity index (χ4v) is 2.37. The number of carbonyl (C=O) groups is 2. The van der Waals surface area contributed by atoms with Crippen LogP contribution in [0.2, 0.25) is 0 Å². The molecule has 0 aromatic heterocycles. The Morgan fingerprint density at radius 3 is 2.18 bits per heavy atom. The highest BCUT2D eigenvalue weighted by Crippen LogP contribution is 2.29. The molecule has 2 aromatic carbocycles. The van der Waals surface area contributed by atoms with E-state index in [1.54, 1.807) is 0 Å². The molecule has 0 radical (unpaired) electrons. The Morgan fingerprint density at radius 1 is 1.00 bits per heavy atom. The molecular weight excluding hydrogens is 371 g/mol. The molecular formula is C21H20F3NO3. The van der Waals surface area contributed by atoms with Crippen LogP contribution in [0.5, 0.6) is 0 Å². The van der Waals surface area contributed by atoms with Crippen molar-refractivity contribution in [2.24, 2.45) is 0 Å². The first-order chi connectivity index (χ1) is 13.2. The number of ether oxygens (including phenoxy) is 1. The number of esters is 1. The highest BCUT2D eigenvalue weighted by atomic mass is 19.4. The van der Waals surface area contributed by atoms with Gasteiger partial charge in [-0.2, -0.15) is 13.2 Å². The van der Waals surface area contributed by atoms with Gasteiger partial charge >= 0.3 is 12.1 Å². The number of halogens is 3. The molecule has 1 amide bonds. The van der Waals surface area contributed by atoms with Crippen LogP contribution in [0.1, 0.15) is 36.6 Å². The van der Waals surface area contributed by atoms with Gasteiger partial charge in [0, 0.05) is 6.08 Å².